The summed E-state index contributed by atoms with van der Waals surface area (Å²) in [5.74, 6) is 1.34. The molecule has 0 fully saturated rings. The van der Waals surface area contributed by atoms with Crippen LogP contribution < -0.4 is 10.5 Å². The Kier molecular flexibility index (Phi) is 4.55. The highest BCUT2D eigenvalue weighted by Crippen LogP contribution is 2.34. The first-order chi connectivity index (χ1) is 9.69. The van der Waals surface area contributed by atoms with E-state index in [9.17, 15) is 0 Å². The molecule has 1 aromatic carbocycles. The fourth-order valence-electron chi connectivity index (χ4n) is 2.24. The van der Waals surface area contributed by atoms with Gasteiger partial charge in [-0.1, -0.05) is 19.4 Å². The highest BCUT2D eigenvalue weighted by Gasteiger charge is 2.18. The summed E-state index contributed by atoms with van der Waals surface area (Å²) in [5.41, 5.74) is 7.43. The number of anilines is 1. The Morgan fingerprint density at radius 1 is 1.35 bits per heavy atom. The Labute approximate surface area is 118 Å². The van der Waals surface area contributed by atoms with Crippen LogP contribution in [-0.2, 0) is 0 Å². The molecule has 0 aliphatic carbocycles. The Hall–Kier alpha value is -2.11. The number of nitrogens with two attached hydrogens (primary N) is 1. The number of nitrogens with zero attached hydrogens (tertiary/aromatic N) is 4. The van der Waals surface area contributed by atoms with Crippen molar-refractivity contribution in [2.24, 2.45) is 0 Å². The zero-order valence-corrected chi connectivity index (χ0v) is 12.2. The van der Waals surface area contributed by atoms with Crippen molar-refractivity contribution in [3.8, 4) is 17.1 Å². The van der Waals surface area contributed by atoms with Crippen LogP contribution in [0.2, 0.25) is 0 Å². The molecule has 1 atom stereocenters. The Balaban J connectivity index is 2.47. The van der Waals surface area contributed by atoms with Crippen molar-refractivity contribution in [2.75, 3.05) is 12.3 Å². The van der Waals surface area contributed by atoms with E-state index in [1.807, 2.05) is 29.8 Å². The topological polar surface area (TPSA) is 78.9 Å². The van der Waals surface area contributed by atoms with Gasteiger partial charge in [-0.2, -0.15) is 0 Å². The maximum atomic E-state index is 6.00. The minimum absolute atomic E-state index is 0.237. The monoisotopic (exact) mass is 275 g/mol. The van der Waals surface area contributed by atoms with Gasteiger partial charge in [0.05, 0.1) is 23.9 Å². The predicted octanol–water partition coefficient (Wildman–Crippen LogP) is 2.68. The summed E-state index contributed by atoms with van der Waals surface area (Å²) in [4.78, 5) is 0. The smallest absolute Gasteiger partial charge is 0.186 e. The van der Waals surface area contributed by atoms with Gasteiger partial charge in [-0.3, -0.25) is 0 Å². The molecule has 1 unspecified atom stereocenters. The van der Waals surface area contributed by atoms with Gasteiger partial charge in [0, 0.05) is 0 Å². The lowest BCUT2D eigenvalue weighted by Gasteiger charge is -2.15. The summed E-state index contributed by atoms with van der Waals surface area (Å²) in [6.07, 6.45) is 2.10. The first-order valence-corrected chi connectivity index (χ1v) is 6.98. The SMILES string of the molecule is CCCC(C)n1nnnc1-c1cccc(N)c1OCC. The number of ether oxygens (including phenoxy) is 1. The zero-order valence-electron chi connectivity index (χ0n) is 12.2. The van der Waals surface area contributed by atoms with Crippen molar-refractivity contribution in [1.82, 2.24) is 20.2 Å². The quantitative estimate of drug-likeness (QED) is 0.820. The number of benzene rings is 1. The molecule has 6 heteroatoms. The molecule has 6 nitrogen and oxygen atoms in total. The molecule has 1 heterocycles. The first kappa shape index (κ1) is 14.3. The van der Waals surface area contributed by atoms with E-state index >= 15 is 0 Å². The van der Waals surface area contributed by atoms with Crippen LogP contribution in [0.25, 0.3) is 11.4 Å². The summed E-state index contributed by atoms with van der Waals surface area (Å²) in [6, 6.07) is 5.87. The van der Waals surface area contributed by atoms with E-state index in [4.69, 9.17) is 10.5 Å². The number of aromatic nitrogens is 4. The molecule has 0 aliphatic heterocycles. The molecule has 1 aromatic heterocycles. The summed E-state index contributed by atoms with van der Waals surface area (Å²) < 4.78 is 7.49. The van der Waals surface area contributed by atoms with E-state index in [1.54, 1.807) is 0 Å². The molecule has 0 saturated carbocycles. The normalized spacial score (nSPS) is 12.3. The second-order valence-corrected chi connectivity index (χ2v) is 4.74. The molecule has 2 rings (SSSR count). The summed E-state index contributed by atoms with van der Waals surface area (Å²) in [7, 11) is 0. The third-order valence-electron chi connectivity index (χ3n) is 3.19. The van der Waals surface area contributed by atoms with E-state index in [0.717, 1.165) is 18.4 Å². The largest absolute Gasteiger partial charge is 0.491 e. The van der Waals surface area contributed by atoms with Crippen LogP contribution >= 0.6 is 0 Å². The molecule has 108 valence electrons. The number of tetrazole rings is 1. The summed E-state index contributed by atoms with van der Waals surface area (Å²) in [5, 5.41) is 12.0. The maximum Gasteiger partial charge on any atom is 0.186 e. The van der Waals surface area contributed by atoms with Crippen LogP contribution in [0.4, 0.5) is 5.69 Å². The number of hydrogen-bond donors (Lipinski definition) is 1. The Morgan fingerprint density at radius 2 is 2.15 bits per heavy atom. The molecule has 2 N–H and O–H groups in total. The van der Waals surface area contributed by atoms with Gasteiger partial charge < -0.3 is 10.5 Å². The minimum Gasteiger partial charge on any atom is -0.491 e. The van der Waals surface area contributed by atoms with Gasteiger partial charge in [0.1, 0.15) is 0 Å². The summed E-state index contributed by atoms with van der Waals surface area (Å²) in [6.45, 7) is 6.73. The van der Waals surface area contributed by atoms with Gasteiger partial charge in [0.25, 0.3) is 0 Å². The van der Waals surface area contributed by atoms with E-state index in [-0.39, 0.29) is 6.04 Å². The lowest BCUT2D eigenvalue weighted by Crippen LogP contribution is -2.10. The molecule has 0 spiro atoms. The Bertz CT molecular complexity index is 566. The first-order valence-electron chi connectivity index (χ1n) is 6.98. The predicted molar refractivity (Wildman–Crippen MR) is 78.5 cm³/mol. The third-order valence-corrected chi connectivity index (χ3v) is 3.19. The lowest BCUT2D eigenvalue weighted by atomic mass is 10.1. The van der Waals surface area contributed by atoms with E-state index < -0.39 is 0 Å². The Morgan fingerprint density at radius 3 is 2.85 bits per heavy atom. The second-order valence-electron chi connectivity index (χ2n) is 4.74. The molecule has 0 aliphatic rings. The van der Waals surface area contributed by atoms with Crippen molar-refractivity contribution in [1.29, 1.82) is 0 Å². The molecule has 0 bridgehead atoms. The van der Waals surface area contributed by atoms with Crippen molar-refractivity contribution >= 4 is 5.69 Å². The molecule has 0 radical (unpaired) electrons. The number of rotatable bonds is 6. The highest BCUT2D eigenvalue weighted by molar-refractivity contribution is 5.73. The second kappa shape index (κ2) is 6.36. The van der Waals surface area contributed by atoms with Crippen molar-refractivity contribution in [3.63, 3.8) is 0 Å². The highest BCUT2D eigenvalue weighted by atomic mass is 16.5. The van der Waals surface area contributed by atoms with Gasteiger partial charge in [-0.25, -0.2) is 4.68 Å². The molecular formula is C14H21N5O. The molecular weight excluding hydrogens is 254 g/mol. The number of hydrogen-bond acceptors (Lipinski definition) is 5. The lowest BCUT2D eigenvalue weighted by molar-refractivity contribution is 0.342. The van der Waals surface area contributed by atoms with Crippen LogP contribution in [0.15, 0.2) is 18.2 Å². The van der Waals surface area contributed by atoms with Crippen LogP contribution in [0, 0.1) is 0 Å². The van der Waals surface area contributed by atoms with Crippen molar-refractivity contribution < 1.29 is 4.74 Å². The van der Waals surface area contributed by atoms with Crippen LogP contribution in [0.5, 0.6) is 5.75 Å². The van der Waals surface area contributed by atoms with Gasteiger partial charge >= 0.3 is 0 Å². The van der Waals surface area contributed by atoms with Crippen molar-refractivity contribution in [2.45, 2.75) is 39.7 Å². The molecule has 0 amide bonds. The van der Waals surface area contributed by atoms with E-state index in [1.165, 1.54) is 0 Å². The fourth-order valence-corrected chi connectivity index (χ4v) is 2.24. The third kappa shape index (κ3) is 2.74. The standard InChI is InChI=1S/C14H21N5O/c1-4-7-10(3)19-14(16-17-18-19)11-8-6-9-12(15)13(11)20-5-2/h6,8-10H,4-5,7,15H2,1-3H3. The van der Waals surface area contributed by atoms with Crippen LogP contribution in [0.3, 0.4) is 0 Å². The van der Waals surface area contributed by atoms with Crippen LogP contribution in [0.1, 0.15) is 39.7 Å². The number of para-hydroxylation sites is 1. The maximum absolute atomic E-state index is 6.00. The average Bonchev–Trinajstić information content (AvgIpc) is 2.91. The fraction of sp³-hybridized carbons (Fsp3) is 0.500. The van der Waals surface area contributed by atoms with Crippen molar-refractivity contribution in [3.05, 3.63) is 18.2 Å². The zero-order chi connectivity index (χ0) is 14.5. The van der Waals surface area contributed by atoms with E-state index in [0.29, 0.717) is 23.9 Å². The average molecular weight is 275 g/mol. The van der Waals surface area contributed by atoms with Crippen LogP contribution in [-0.4, -0.2) is 26.8 Å². The number of nitrogen functional groups attached to an aromatic ring is 1. The van der Waals surface area contributed by atoms with Gasteiger partial charge in [-0.15, -0.1) is 5.10 Å². The molecule has 20 heavy (non-hydrogen) atoms. The van der Waals surface area contributed by atoms with Gasteiger partial charge in [0.2, 0.25) is 0 Å². The van der Waals surface area contributed by atoms with Gasteiger partial charge in [-0.05, 0) is 42.8 Å². The molecule has 0 saturated heterocycles. The van der Waals surface area contributed by atoms with E-state index in [2.05, 4.69) is 29.4 Å². The summed E-state index contributed by atoms with van der Waals surface area (Å²) >= 11 is 0. The van der Waals surface area contributed by atoms with Gasteiger partial charge in [0.15, 0.2) is 11.6 Å². The minimum atomic E-state index is 0.237. The molecule has 2 aromatic rings.